The summed E-state index contributed by atoms with van der Waals surface area (Å²) < 4.78 is 35.1. The summed E-state index contributed by atoms with van der Waals surface area (Å²) in [6, 6.07) is 19.3. The van der Waals surface area contributed by atoms with Crippen LogP contribution in [0.5, 0.6) is 5.75 Å². The number of sulfonamides is 1. The van der Waals surface area contributed by atoms with Crippen LogP contribution in [0.4, 0.5) is 5.69 Å². The highest BCUT2D eigenvalue weighted by molar-refractivity contribution is 7.98. The van der Waals surface area contributed by atoms with Crippen molar-refractivity contribution in [3.63, 3.8) is 0 Å². The number of carbonyl (C=O) groups is 2. The van der Waals surface area contributed by atoms with Gasteiger partial charge in [-0.2, -0.15) is 0 Å². The molecule has 3 aromatic carbocycles. The van der Waals surface area contributed by atoms with Gasteiger partial charge in [-0.25, -0.2) is 8.42 Å². The van der Waals surface area contributed by atoms with Crippen molar-refractivity contribution in [2.24, 2.45) is 0 Å². The van der Waals surface area contributed by atoms with Crippen LogP contribution < -0.4 is 14.4 Å². The van der Waals surface area contributed by atoms with Gasteiger partial charge in [0.1, 0.15) is 18.3 Å². The number of ether oxygens (including phenoxy) is 1. The second kappa shape index (κ2) is 15.9. The minimum absolute atomic E-state index is 0.0361. The van der Waals surface area contributed by atoms with Crippen LogP contribution in [-0.2, 0) is 26.2 Å². The third-order valence-electron chi connectivity index (χ3n) is 6.62. The molecule has 1 atom stereocenters. The number of anilines is 1. The Kier molecular flexibility index (Phi) is 12.6. The molecule has 0 radical (unpaired) electrons. The molecule has 11 heteroatoms. The summed E-state index contributed by atoms with van der Waals surface area (Å²) in [6.45, 7) is 5.79. The van der Waals surface area contributed by atoms with E-state index in [1.807, 2.05) is 13.2 Å². The minimum atomic E-state index is -4.21. The summed E-state index contributed by atoms with van der Waals surface area (Å²) in [5.74, 6) is -0.534. The van der Waals surface area contributed by atoms with Gasteiger partial charge in [-0.3, -0.25) is 13.9 Å². The molecule has 0 fully saturated rings. The molecule has 1 N–H and O–H groups in total. The number of nitrogens with one attached hydrogen (secondary N) is 1. The number of hydrogen-bond donors (Lipinski definition) is 1. The molecule has 226 valence electrons. The van der Waals surface area contributed by atoms with E-state index in [0.717, 1.165) is 27.6 Å². The van der Waals surface area contributed by atoms with E-state index in [1.165, 1.54) is 28.8 Å². The van der Waals surface area contributed by atoms with E-state index in [9.17, 15) is 18.0 Å². The maximum absolute atomic E-state index is 14.1. The SMILES string of the molecule is CCCCNC(=O)[C@H](C)N(Cc1ccc(Cl)cc1)C(=O)CN(c1ccccc1OCC)S(=O)(=O)c1ccc(SC)cc1. The van der Waals surface area contributed by atoms with Crippen molar-refractivity contribution in [1.82, 2.24) is 10.2 Å². The average molecular weight is 632 g/mol. The summed E-state index contributed by atoms with van der Waals surface area (Å²) in [5.41, 5.74) is 0.978. The maximum atomic E-state index is 14.1. The number of benzene rings is 3. The Morgan fingerprint density at radius 2 is 1.67 bits per heavy atom. The van der Waals surface area contributed by atoms with Crippen LogP contribution in [0.25, 0.3) is 0 Å². The van der Waals surface area contributed by atoms with Gasteiger partial charge in [0.25, 0.3) is 10.0 Å². The fourth-order valence-electron chi connectivity index (χ4n) is 4.23. The predicted octanol–water partition coefficient (Wildman–Crippen LogP) is 5.99. The second-order valence-electron chi connectivity index (χ2n) is 9.56. The largest absolute Gasteiger partial charge is 0.492 e. The number of para-hydroxylation sites is 2. The smallest absolute Gasteiger partial charge is 0.264 e. The lowest BCUT2D eigenvalue weighted by Crippen LogP contribution is -2.51. The van der Waals surface area contributed by atoms with Crippen LogP contribution >= 0.6 is 23.4 Å². The van der Waals surface area contributed by atoms with E-state index in [1.54, 1.807) is 74.5 Å². The molecule has 0 aliphatic carbocycles. The first-order valence-corrected chi connectivity index (χ1v) is 16.9. The standard InChI is InChI=1S/C31H38ClN3O5S2/c1-5-7-20-33-31(37)23(3)34(21-24-12-14-25(32)15-13-24)30(36)22-35(28-10-8-9-11-29(28)40-6-2)42(38,39)27-18-16-26(41-4)17-19-27/h8-19,23H,5-7,20-22H2,1-4H3,(H,33,37)/t23-/m0/s1. The minimum Gasteiger partial charge on any atom is -0.492 e. The van der Waals surface area contributed by atoms with Crippen molar-refractivity contribution in [1.29, 1.82) is 0 Å². The maximum Gasteiger partial charge on any atom is 0.264 e. The molecule has 0 aromatic heterocycles. The quantitative estimate of drug-likeness (QED) is 0.164. The van der Waals surface area contributed by atoms with E-state index >= 15 is 0 Å². The van der Waals surface area contributed by atoms with E-state index in [-0.39, 0.29) is 23.0 Å². The highest BCUT2D eigenvalue weighted by Gasteiger charge is 2.33. The fourth-order valence-corrected chi connectivity index (χ4v) is 6.19. The van der Waals surface area contributed by atoms with Crippen LogP contribution in [0.15, 0.2) is 82.6 Å². The number of carbonyl (C=O) groups excluding carboxylic acids is 2. The first-order chi connectivity index (χ1) is 20.1. The van der Waals surface area contributed by atoms with Gasteiger partial charge in [-0.05, 0) is 80.6 Å². The van der Waals surface area contributed by atoms with Gasteiger partial charge in [-0.1, -0.05) is 49.2 Å². The second-order valence-corrected chi connectivity index (χ2v) is 12.7. The van der Waals surface area contributed by atoms with Crippen LogP contribution in [0.2, 0.25) is 5.02 Å². The predicted molar refractivity (Wildman–Crippen MR) is 170 cm³/mol. The fraction of sp³-hybridized carbons (Fsp3) is 0.355. The van der Waals surface area contributed by atoms with Crippen LogP contribution in [0, 0.1) is 0 Å². The van der Waals surface area contributed by atoms with Crippen molar-refractivity contribution >= 4 is 50.9 Å². The zero-order valence-electron chi connectivity index (χ0n) is 24.4. The summed E-state index contributed by atoms with van der Waals surface area (Å²) in [4.78, 5) is 29.5. The first-order valence-electron chi connectivity index (χ1n) is 13.8. The normalized spacial score (nSPS) is 11.9. The number of hydrogen-bond acceptors (Lipinski definition) is 6. The van der Waals surface area contributed by atoms with E-state index < -0.39 is 28.5 Å². The zero-order chi connectivity index (χ0) is 30.7. The molecule has 42 heavy (non-hydrogen) atoms. The highest BCUT2D eigenvalue weighted by Crippen LogP contribution is 2.33. The topological polar surface area (TPSA) is 96.0 Å². The molecular weight excluding hydrogens is 594 g/mol. The van der Waals surface area contributed by atoms with Crippen LogP contribution in [-0.4, -0.2) is 57.1 Å². The molecule has 0 spiro atoms. The van der Waals surface area contributed by atoms with Crippen LogP contribution in [0.3, 0.4) is 0 Å². The third kappa shape index (κ3) is 8.65. The van der Waals surface area contributed by atoms with Gasteiger partial charge in [0.2, 0.25) is 11.8 Å². The van der Waals surface area contributed by atoms with Crippen LogP contribution in [0.1, 0.15) is 39.2 Å². The molecular formula is C31H38ClN3O5S2. The highest BCUT2D eigenvalue weighted by atomic mass is 35.5. The molecule has 0 aliphatic heterocycles. The lowest BCUT2D eigenvalue weighted by molar-refractivity contribution is -0.139. The van der Waals surface area contributed by atoms with Crippen molar-refractivity contribution in [3.05, 3.63) is 83.4 Å². The Morgan fingerprint density at radius 3 is 2.29 bits per heavy atom. The lowest BCUT2D eigenvalue weighted by atomic mass is 10.1. The van der Waals surface area contributed by atoms with Crippen molar-refractivity contribution < 1.29 is 22.7 Å². The monoisotopic (exact) mass is 631 g/mol. The Balaban J connectivity index is 2.05. The van der Waals surface area contributed by atoms with E-state index in [4.69, 9.17) is 16.3 Å². The average Bonchev–Trinajstić information content (AvgIpc) is 2.99. The third-order valence-corrected chi connectivity index (χ3v) is 9.39. The van der Waals surface area contributed by atoms with Gasteiger partial charge in [0.05, 0.1) is 17.2 Å². The summed E-state index contributed by atoms with van der Waals surface area (Å²) in [7, 11) is -4.21. The van der Waals surface area contributed by atoms with Gasteiger partial charge >= 0.3 is 0 Å². The van der Waals surface area contributed by atoms with Crippen molar-refractivity contribution in [3.8, 4) is 5.75 Å². The summed E-state index contributed by atoms with van der Waals surface area (Å²) >= 11 is 7.56. The van der Waals surface area contributed by atoms with Gasteiger partial charge in [-0.15, -0.1) is 11.8 Å². The number of thioether (sulfide) groups is 1. The summed E-state index contributed by atoms with van der Waals surface area (Å²) in [6.07, 6.45) is 3.62. The number of halogens is 1. The Morgan fingerprint density at radius 1 is 1.00 bits per heavy atom. The molecule has 8 nitrogen and oxygen atoms in total. The number of amides is 2. The van der Waals surface area contributed by atoms with Gasteiger partial charge in [0, 0.05) is 23.0 Å². The van der Waals surface area contributed by atoms with E-state index in [2.05, 4.69) is 5.32 Å². The number of nitrogens with zero attached hydrogens (tertiary/aromatic N) is 2. The number of unbranched alkanes of at least 4 members (excludes halogenated alkanes) is 1. The van der Waals surface area contributed by atoms with Gasteiger partial charge in [0.15, 0.2) is 0 Å². The first kappa shape index (κ1) is 33.3. The molecule has 2 amide bonds. The molecule has 0 bridgehead atoms. The Hall–Kier alpha value is -3.21. The molecule has 3 rings (SSSR count). The number of rotatable bonds is 15. The Labute approximate surface area is 258 Å². The van der Waals surface area contributed by atoms with E-state index in [0.29, 0.717) is 23.9 Å². The zero-order valence-corrected chi connectivity index (χ0v) is 26.8. The van der Waals surface area contributed by atoms with Crippen molar-refractivity contribution in [2.75, 3.05) is 30.3 Å². The van der Waals surface area contributed by atoms with Crippen molar-refractivity contribution in [2.45, 2.75) is 56.0 Å². The molecule has 0 aliphatic rings. The molecule has 3 aromatic rings. The molecule has 0 saturated carbocycles. The Bertz CT molecular complexity index is 1430. The molecule has 0 heterocycles. The molecule has 0 saturated heterocycles. The summed E-state index contributed by atoms with van der Waals surface area (Å²) in [5, 5.41) is 3.42. The lowest BCUT2D eigenvalue weighted by Gasteiger charge is -2.32. The van der Waals surface area contributed by atoms with Gasteiger partial charge < -0.3 is 15.0 Å². The molecule has 0 unspecified atom stereocenters.